The topological polar surface area (TPSA) is 17.1 Å². The number of fused-ring (bicyclic) bond motifs is 1. The molecule has 1 aliphatic carbocycles. The first-order valence-electron chi connectivity index (χ1n) is 5.55. The molecule has 1 aromatic carbocycles. The van der Waals surface area contributed by atoms with Crippen LogP contribution >= 0.6 is 15.9 Å². The molecule has 0 saturated carbocycles. The monoisotopic (exact) mass is 266 g/mol. The zero-order valence-corrected chi connectivity index (χ0v) is 10.3. The van der Waals surface area contributed by atoms with Crippen molar-refractivity contribution in [2.45, 2.75) is 38.5 Å². The van der Waals surface area contributed by atoms with Crippen molar-refractivity contribution >= 4 is 22.2 Å². The van der Waals surface area contributed by atoms with Crippen molar-refractivity contribution in [3.8, 4) is 0 Å². The normalized spacial score (nSPS) is 13.9. The van der Waals surface area contributed by atoms with Gasteiger partial charge in [-0.3, -0.25) is 0 Å². The van der Waals surface area contributed by atoms with E-state index in [0.717, 1.165) is 19.1 Å². The van der Waals surface area contributed by atoms with E-state index in [0.29, 0.717) is 6.42 Å². The van der Waals surface area contributed by atoms with E-state index in [-0.39, 0.29) is 0 Å². The summed E-state index contributed by atoms with van der Waals surface area (Å²) in [6, 6.07) is 4.58. The van der Waals surface area contributed by atoms with Crippen LogP contribution in [-0.2, 0) is 24.1 Å². The molecule has 0 N–H and O–H groups in total. The van der Waals surface area contributed by atoms with Crippen molar-refractivity contribution in [1.82, 2.24) is 0 Å². The molecule has 1 aliphatic rings. The maximum absolute atomic E-state index is 10.3. The van der Waals surface area contributed by atoms with Gasteiger partial charge in [-0.1, -0.05) is 22.0 Å². The Morgan fingerprint density at radius 3 is 2.73 bits per heavy atom. The molecule has 0 spiro atoms. The van der Waals surface area contributed by atoms with Crippen molar-refractivity contribution < 1.29 is 4.79 Å². The molecule has 0 amide bonds. The molecular weight excluding hydrogens is 252 g/mol. The molecule has 15 heavy (non-hydrogen) atoms. The number of hydrogen-bond acceptors (Lipinski definition) is 1. The third-order valence-corrected chi connectivity index (χ3v) is 3.77. The highest BCUT2D eigenvalue weighted by Crippen LogP contribution is 2.29. The van der Waals surface area contributed by atoms with E-state index < -0.39 is 0 Å². The molecule has 0 bridgehead atoms. The number of unbranched alkanes of at least 4 members (excludes halogenated alkanes) is 1. The van der Waals surface area contributed by atoms with Gasteiger partial charge in [0.05, 0.1) is 0 Å². The maximum Gasteiger partial charge on any atom is 0.120 e. The summed E-state index contributed by atoms with van der Waals surface area (Å²) in [7, 11) is 0. The molecule has 2 rings (SSSR count). The van der Waals surface area contributed by atoms with Gasteiger partial charge in [0.2, 0.25) is 0 Å². The molecule has 0 radical (unpaired) electrons. The van der Waals surface area contributed by atoms with Crippen LogP contribution in [0.25, 0.3) is 0 Å². The minimum Gasteiger partial charge on any atom is -0.303 e. The van der Waals surface area contributed by atoms with E-state index in [4.69, 9.17) is 0 Å². The van der Waals surface area contributed by atoms with Crippen LogP contribution in [0.1, 0.15) is 36.0 Å². The smallest absolute Gasteiger partial charge is 0.120 e. The number of halogens is 1. The van der Waals surface area contributed by atoms with Crippen molar-refractivity contribution in [2.24, 2.45) is 0 Å². The number of carbonyl (C=O) groups excluding carboxylic acids is 1. The van der Waals surface area contributed by atoms with E-state index in [1.165, 1.54) is 40.4 Å². The maximum atomic E-state index is 10.3. The molecule has 1 nitrogen and oxygen atoms in total. The van der Waals surface area contributed by atoms with Crippen molar-refractivity contribution in [3.05, 3.63) is 33.3 Å². The molecule has 0 unspecified atom stereocenters. The fraction of sp³-hybridized carbons (Fsp3) is 0.462. The zero-order chi connectivity index (χ0) is 10.7. The van der Waals surface area contributed by atoms with Gasteiger partial charge in [0.25, 0.3) is 0 Å². The average molecular weight is 267 g/mol. The molecule has 0 aliphatic heterocycles. The van der Waals surface area contributed by atoms with E-state index in [9.17, 15) is 4.79 Å². The molecule has 0 fully saturated rings. The van der Waals surface area contributed by atoms with Crippen LogP contribution in [0, 0.1) is 0 Å². The van der Waals surface area contributed by atoms with E-state index in [2.05, 4.69) is 28.1 Å². The summed E-state index contributed by atoms with van der Waals surface area (Å²) in [6.45, 7) is 0. The average Bonchev–Trinajstić information content (AvgIpc) is 2.65. The fourth-order valence-corrected chi connectivity index (χ4v) is 2.80. The van der Waals surface area contributed by atoms with Crippen LogP contribution in [0.3, 0.4) is 0 Å². The number of aldehydes is 1. The number of carbonyl (C=O) groups is 1. The number of aryl methyl sites for hydroxylation is 3. The van der Waals surface area contributed by atoms with E-state index in [1.54, 1.807) is 0 Å². The SMILES string of the molecule is O=CCCCc1cc2c(cc1Br)CCC2. The highest BCUT2D eigenvalue weighted by atomic mass is 79.9. The van der Waals surface area contributed by atoms with E-state index in [1.807, 2.05) is 0 Å². The van der Waals surface area contributed by atoms with Crippen molar-refractivity contribution in [2.75, 3.05) is 0 Å². The Labute approximate surface area is 99.0 Å². The molecule has 80 valence electrons. The molecule has 0 atom stereocenters. The Kier molecular flexibility index (Phi) is 3.57. The van der Waals surface area contributed by atoms with Crippen LogP contribution in [0.15, 0.2) is 16.6 Å². The lowest BCUT2D eigenvalue weighted by atomic mass is 10.0. The Hall–Kier alpha value is -0.630. The summed E-state index contributed by atoms with van der Waals surface area (Å²) >= 11 is 3.61. The summed E-state index contributed by atoms with van der Waals surface area (Å²) in [5.41, 5.74) is 4.37. The minimum atomic E-state index is 0.670. The summed E-state index contributed by atoms with van der Waals surface area (Å²) in [5.74, 6) is 0. The van der Waals surface area contributed by atoms with Gasteiger partial charge in [-0.2, -0.15) is 0 Å². The van der Waals surface area contributed by atoms with Crippen molar-refractivity contribution in [1.29, 1.82) is 0 Å². The molecule has 2 heteroatoms. The van der Waals surface area contributed by atoms with E-state index >= 15 is 0 Å². The summed E-state index contributed by atoms with van der Waals surface area (Å²) in [6.07, 6.45) is 7.38. The predicted molar refractivity (Wildman–Crippen MR) is 65.2 cm³/mol. The second-order valence-corrected chi connectivity index (χ2v) is 4.98. The quantitative estimate of drug-likeness (QED) is 0.603. The highest BCUT2D eigenvalue weighted by molar-refractivity contribution is 9.10. The third kappa shape index (κ3) is 2.49. The number of benzene rings is 1. The third-order valence-electron chi connectivity index (χ3n) is 3.03. The van der Waals surface area contributed by atoms with Crippen LogP contribution in [0.2, 0.25) is 0 Å². The lowest BCUT2D eigenvalue weighted by Gasteiger charge is -2.07. The Bertz CT molecular complexity index is 371. The van der Waals surface area contributed by atoms with Crippen LogP contribution in [-0.4, -0.2) is 6.29 Å². The Balaban J connectivity index is 2.13. The Morgan fingerprint density at radius 1 is 1.27 bits per heavy atom. The molecule has 1 aromatic rings. The largest absolute Gasteiger partial charge is 0.303 e. The van der Waals surface area contributed by atoms with Gasteiger partial charge >= 0.3 is 0 Å². The molecule has 0 aromatic heterocycles. The lowest BCUT2D eigenvalue weighted by Crippen LogP contribution is -1.92. The first kappa shape index (κ1) is 10.9. The Morgan fingerprint density at radius 2 is 2.00 bits per heavy atom. The molecular formula is C13H15BrO. The standard InChI is InChI=1S/C13H15BrO/c14-13-9-11-6-3-5-10(11)8-12(13)4-1-2-7-15/h7-9H,1-6H2. The zero-order valence-electron chi connectivity index (χ0n) is 8.76. The molecule has 0 heterocycles. The number of hydrogen-bond donors (Lipinski definition) is 0. The van der Waals surface area contributed by atoms with Gasteiger partial charge in [-0.15, -0.1) is 0 Å². The van der Waals surface area contributed by atoms with Crippen LogP contribution in [0.5, 0.6) is 0 Å². The van der Waals surface area contributed by atoms with Crippen molar-refractivity contribution in [3.63, 3.8) is 0 Å². The van der Waals surface area contributed by atoms with Gasteiger partial charge in [-0.25, -0.2) is 0 Å². The van der Waals surface area contributed by atoms with Crippen LogP contribution in [0.4, 0.5) is 0 Å². The summed E-state index contributed by atoms with van der Waals surface area (Å²) in [4.78, 5) is 10.3. The molecule has 0 saturated heterocycles. The second-order valence-electron chi connectivity index (χ2n) is 4.12. The van der Waals surface area contributed by atoms with Gasteiger partial charge in [-0.05, 0) is 54.9 Å². The predicted octanol–water partition coefficient (Wildman–Crippen LogP) is 3.46. The summed E-state index contributed by atoms with van der Waals surface area (Å²) < 4.78 is 1.22. The minimum absolute atomic E-state index is 0.670. The lowest BCUT2D eigenvalue weighted by molar-refractivity contribution is -0.107. The first-order valence-corrected chi connectivity index (χ1v) is 6.34. The van der Waals surface area contributed by atoms with Gasteiger partial charge in [0, 0.05) is 10.9 Å². The summed E-state index contributed by atoms with van der Waals surface area (Å²) in [5, 5.41) is 0. The number of rotatable bonds is 4. The van der Waals surface area contributed by atoms with Crippen LogP contribution < -0.4 is 0 Å². The fourth-order valence-electron chi connectivity index (χ4n) is 2.21. The van der Waals surface area contributed by atoms with Gasteiger partial charge in [0.15, 0.2) is 0 Å². The highest BCUT2D eigenvalue weighted by Gasteiger charge is 2.13. The van der Waals surface area contributed by atoms with Gasteiger partial charge < -0.3 is 4.79 Å². The first-order chi connectivity index (χ1) is 7.31. The second kappa shape index (κ2) is 4.93. The van der Waals surface area contributed by atoms with Gasteiger partial charge in [0.1, 0.15) is 6.29 Å².